The second-order valence-corrected chi connectivity index (χ2v) is 4.26. The van der Waals surface area contributed by atoms with E-state index in [-0.39, 0.29) is 25.2 Å². The van der Waals surface area contributed by atoms with Gasteiger partial charge in [-0.05, 0) is 18.2 Å². The van der Waals surface area contributed by atoms with Crippen LogP contribution in [0.2, 0.25) is 5.02 Å². The van der Waals surface area contributed by atoms with Crippen LogP contribution in [0.5, 0.6) is 5.75 Å². The van der Waals surface area contributed by atoms with E-state index in [1.165, 1.54) is 11.8 Å². The summed E-state index contributed by atoms with van der Waals surface area (Å²) in [4.78, 5) is 24.2. The SMILES string of the molecule is CC(=O)OCCN1COc2ccc(Cl)cc2C1=O. The highest BCUT2D eigenvalue weighted by molar-refractivity contribution is 6.31. The molecule has 6 heteroatoms. The predicted octanol–water partition coefficient (Wildman–Crippen LogP) is 1.70. The molecule has 0 saturated heterocycles. The van der Waals surface area contributed by atoms with Crippen LogP contribution in [-0.4, -0.2) is 36.7 Å². The molecule has 0 bridgehead atoms. The molecule has 2 rings (SSSR count). The Morgan fingerprint density at radius 2 is 2.33 bits per heavy atom. The normalized spacial score (nSPS) is 13.9. The summed E-state index contributed by atoms with van der Waals surface area (Å²) in [6, 6.07) is 4.90. The van der Waals surface area contributed by atoms with Gasteiger partial charge in [0, 0.05) is 11.9 Å². The molecule has 0 fully saturated rings. The van der Waals surface area contributed by atoms with Crippen LogP contribution in [0.25, 0.3) is 0 Å². The Kier molecular flexibility index (Phi) is 3.72. The van der Waals surface area contributed by atoms with Crippen LogP contribution in [0.3, 0.4) is 0 Å². The van der Waals surface area contributed by atoms with Gasteiger partial charge < -0.3 is 14.4 Å². The summed E-state index contributed by atoms with van der Waals surface area (Å²) in [5.74, 6) is -0.0251. The molecule has 0 N–H and O–H groups in total. The number of ether oxygens (including phenoxy) is 2. The lowest BCUT2D eigenvalue weighted by Gasteiger charge is -2.28. The van der Waals surface area contributed by atoms with Gasteiger partial charge in [-0.2, -0.15) is 0 Å². The van der Waals surface area contributed by atoms with Crippen molar-refractivity contribution in [2.75, 3.05) is 19.9 Å². The van der Waals surface area contributed by atoms with Gasteiger partial charge in [0.2, 0.25) is 0 Å². The fourth-order valence-electron chi connectivity index (χ4n) is 1.64. The maximum absolute atomic E-state index is 12.1. The monoisotopic (exact) mass is 269 g/mol. The Morgan fingerprint density at radius 3 is 3.06 bits per heavy atom. The Balaban J connectivity index is 2.05. The molecule has 1 amide bonds. The molecule has 96 valence electrons. The largest absolute Gasteiger partial charge is 0.472 e. The molecule has 5 nitrogen and oxygen atoms in total. The van der Waals surface area contributed by atoms with Gasteiger partial charge in [0.05, 0.1) is 12.1 Å². The molecule has 1 heterocycles. The maximum atomic E-state index is 12.1. The fraction of sp³-hybridized carbons (Fsp3) is 0.333. The molecular weight excluding hydrogens is 258 g/mol. The van der Waals surface area contributed by atoms with Gasteiger partial charge >= 0.3 is 5.97 Å². The summed E-state index contributed by atoms with van der Waals surface area (Å²) < 4.78 is 10.2. The number of rotatable bonds is 3. The van der Waals surface area contributed by atoms with Crippen LogP contribution in [0.1, 0.15) is 17.3 Å². The third-order valence-electron chi connectivity index (χ3n) is 2.50. The summed E-state index contributed by atoms with van der Waals surface area (Å²) in [7, 11) is 0. The Labute approximate surface area is 109 Å². The zero-order valence-electron chi connectivity index (χ0n) is 9.81. The first kappa shape index (κ1) is 12.7. The molecule has 0 spiro atoms. The molecule has 0 saturated carbocycles. The minimum Gasteiger partial charge on any atom is -0.472 e. The minimum absolute atomic E-state index is 0.148. The van der Waals surface area contributed by atoms with Gasteiger partial charge in [-0.25, -0.2) is 0 Å². The van der Waals surface area contributed by atoms with Crippen molar-refractivity contribution < 1.29 is 19.1 Å². The van der Waals surface area contributed by atoms with Crippen molar-refractivity contribution >= 4 is 23.5 Å². The average Bonchev–Trinajstić information content (AvgIpc) is 2.32. The Hall–Kier alpha value is -1.75. The molecule has 0 aromatic heterocycles. The highest BCUT2D eigenvalue weighted by Gasteiger charge is 2.25. The van der Waals surface area contributed by atoms with Crippen LogP contribution in [0.15, 0.2) is 18.2 Å². The number of carbonyl (C=O) groups excluding carboxylic acids is 2. The van der Waals surface area contributed by atoms with Gasteiger partial charge in [0.15, 0.2) is 6.73 Å². The van der Waals surface area contributed by atoms with Gasteiger partial charge in [-0.3, -0.25) is 9.59 Å². The number of fused-ring (bicyclic) bond motifs is 1. The van der Waals surface area contributed by atoms with Crippen molar-refractivity contribution in [1.29, 1.82) is 0 Å². The van der Waals surface area contributed by atoms with Crippen molar-refractivity contribution in [1.82, 2.24) is 4.90 Å². The first-order chi connectivity index (χ1) is 8.58. The number of halogens is 1. The van der Waals surface area contributed by atoms with E-state index in [1.807, 2.05) is 0 Å². The molecule has 1 aliphatic rings. The highest BCUT2D eigenvalue weighted by Crippen LogP contribution is 2.27. The molecule has 1 aliphatic heterocycles. The molecular formula is C12H12ClNO4. The number of benzene rings is 1. The lowest BCUT2D eigenvalue weighted by Crippen LogP contribution is -2.40. The second kappa shape index (κ2) is 5.27. The van der Waals surface area contributed by atoms with E-state index >= 15 is 0 Å². The maximum Gasteiger partial charge on any atom is 0.302 e. The molecule has 1 aromatic carbocycles. The van der Waals surface area contributed by atoms with Gasteiger partial charge in [0.25, 0.3) is 5.91 Å². The van der Waals surface area contributed by atoms with Crippen molar-refractivity contribution in [2.24, 2.45) is 0 Å². The Bertz CT molecular complexity index is 489. The van der Waals surface area contributed by atoms with E-state index < -0.39 is 0 Å². The van der Waals surface area contributed by atoms with E-state index in [1.54, 1.807) is 18.2 Å². The Morgan fingerprint density at radius 1 is 1.56 bits per heavy atom. The van der Waals surface area contributed by atoms with E-state index in [0.29, 0.717) is 22.9 Å². The molecule has 18 heavy (non-hydrogen) atoms. The summed E-state index contributed by atoms with van der Waals surface area (Å²) in [6.45, 7) is 1.92. The minimum atomic E-state index is -0.371. The summed E-state index contributed by atoms with van der Waals surface area (Å²) in [5, 5.41) is 0.479. The second-order valence-electron chi connectivity index (χ2n) is 3.82. The van der Waals surface area contributed by atoms with Crippen LogP contribution >= 0.6 is 11.6 Å². The molecule has 0 atom stereocenters. The topological polar surface area (TPSA) is 55.8 Å². The van der Waals surface area contributed by atoms with Crippen LogP contribution in [0.4, 0.5) is 0 Å². The lowest BCUT2D eigenvalue weighted by molar-refractivity contribution is -0.141. The van der Waals surface area contributed by atoms with Crippen molar-refractivity contribution in [3.8, 4) is 5.75 Å². The fourth-order valence-corrected chi connectivity index (χ4v) is 1.81. The first-order valence-electron chi connectivity index (χ1n) is 5.43. The van der Waals surface area contributed by atoms with E-state index in [2.05, 4.69) is 0 Å². The first-order valence-corrected chi connectivity index (χ1v) is 5.80. The lowest BCUT2D eigenvalue weighted by atomic mass is 10.1. The third kappa shape index (κ3) is 2.73. The van der Waals surface area contributed by atoms with Crippen molar-refractivity contribution in [2.45, 2.75) is 6.92 Å². The van der Waals surface area contributed by atoms with E-state index in [9.17, 15) is 9.59 Å². The summed E-state index contributed by atoms with van der Waals surface area (Å²) in [6.07, 6.45) is 0. The van der Waals surface area contributed by atoms with Gasteiger partial charge in [-0.15, -0.1) is 0 Å². The number of hydrogen-bond donors (Lipinski definition) is 0. The number of carbonyl (C=O) groups is 2. The molecule has 1 aromatic rings. The standard InChI is InChI=1S/C12H12ClNO4/c1-8(15)17-5-4-14-7-18-11-3-2-9(13)6-10(11)12(14)16/h2-3,6H,4-5,7H2,1H3. The molecule has 0 radical (unpaired) electrons. The zero-order chi connectivity index (χ0) is 13.1. The highest BCUT2D eigenvalue weighted by atomic mass is 35.5. The summed E-state index contributed by atoms with van der Waals surface area (Å²) in [5.41, 5.74) is 0.427. The molecule has 0 unspecified atom stereocenters. The summed E-state index contributed by atoms with van der Waals surface area (Å²) >= 11 is 5.84. The van der Waals surface area contributed by atoms with Gasteiger partial charge in [-0.1, -0.05) is 11.6 Å². The quantitative estimate of drug-likeness (QED) is 0.784. The van der Waals surface area contributed by atoms with Crippen molar-refractivity contribution in [3.05, 3.63) is 28.8 Å². The number of nitrogens with zero attached hydrogens (tertiary/aromatic N) is 1. The third-order valence-corrected chi connectivity index (χ3v) is 2.74. The average molecular weight is 270 g/mol. The van der Waals surface area contributed by atoms with Gasteiger partial charge in [0.1, 0.15) is 12.4 Å². The number of hydrogen-bond acceptors (Lipinski definition) is 4. The predicted molar refractivity (Wildman–Crippen MR) is 64.6 cm³/mol. The number of esters is 1. The molecule has 0 aliphatic carbocycles. The number of amides is 1. The van der Waals surface area contributed by atoms with Crippen molar-refractivity contribution in [3.63, 3.8) is 0 Å². The van der Waals surface area contributed by atoms with Crippen LogP contribution in [-0.2, 0) is 9.53 Å². The van der Waals surface area contributed by atoms with E-state index in [0.717, 1.165) is 0 Å². The van der Waals surface area contributed by atoms with E-state index in [4.69, 9.17) is 21.1 Å². The smallest absolute Gasteiger partial charge is 0.302 e. The van der Waals surface area contributed by atoms with Crippen LogP contribution < -0.4 is 4.74 Å². The van der Waals surface area contributed by atoms with Crippen LogP contribution in [0, 0.1) is 0 Å². The zero-order valence-corrected chi connectivity index (χ0v) is 10.6.